The first-order chi connectivity index (χ1) is 21.5. The van der Waals surface area contributed by atoms with Crippen LogP contribution in [0.2, 0.25) is 0 Å². The minimum absolute atomic E-state index is 0.0408. The van der Waals surface area contributed by atoms with Crippen LogP contribution in [-0.2, 0) is 24.1 Å². The van der Waals surface area contributed by atoms with Crippen LogP contribution in [0.15, 0.2) is 72.0 Å². The number of hydrogen-bond donors (Lipinski definition) is 2. The van der Waals surface area contributed by atoms with Crippen LogP contribution in [0.4, 0.5) is 28.9 Å². The zero-order valence-corrected chi connectivity index (χ0v) is 25.2. The molecule has 4 aromatic rings. The number of aliphatic hydroxyl groups excluding tert-OH is 1. The van der Waals surface area contributed by atoms with Gasteiger partial charge in [-0.1, -0.05) is 43.3 Å². The first kappa shape index (κ1) is 32.0. The van der Waals surface area contributed by atoms with Gasteiger partial charge in [-0.25, -0.2) is 19.0 Å². The molecule has 1 amide bonds. The first-order valence-electron chi connectivity index (χ1n) is 14.1. The Morgan fingerprint density at radius 1 is 1.09 bits per heavy atom. The Kier molecular flexibility index (Phi) is 9.73. The molecule has 3 aromatic carbocycles. The van der Waals surface area contributed by atoms with Crippen molar-refractivity contribution >= 4 is 34.2 Å². The van der Waals surface area contributed by atoms with E-state index in [1.54, 1.807) is 6.07 Å². The maximum absolute atomic E-state index is 15.0. The number of amidine groups is 1. The monoisotopic (exact) mass is 642 g/mol. The van der Waals surface area contributed by atoms with Crippen LogP contribution in [0.1, 0.15) is 35.9 Å². The van der Waals surface area contributed by atoms with Gasteiger partial charge in [0, 0.05) is 6.42 Å². The number of rotatable bonds is 11. The van der Waals surface area contributed by atoms with E-state index >= 15 is 0 Å². The summed E-state index contributed by atoms with van der Waals surface area (Å²) in [5.74, 6) is -0.433. The fourth-order valence-corrected chi connectivity index (χ4v) is 5.64. The standard InChI is InChI=1S/C31H30F4N6O3S/c1-3-4-21-8-5-19(2)15-26(21)41-28(42)17-45-30(41)38-29(43)37-25-13-6-20(16-24(25)32)7-14-27-36-18-40(39-27)22-9-11-23(12-10-22)44-31(33,34)35/h5-6,8-13,15-16,18,29,37,43H,3-4,7,14,17H2,1-2H3/b38-30-. The van der Waals surface area contributed by atoms with Crippen molar-refractivity contribution in [1.82, 2.24) is 14.8 Å². The molecular formula is C31H30F4N6O3S. The van der Waals surface area contributed by atoms with Gasteiger partial charge in [-0.2, -0.15) is 5.10 Å². The van der Waals surface area contributed by atoms with Crippen molar-refractivity contribution in [2.24, 2.45) is 4.99 Å². The average Bonchev–Trinajstić information content (AvgIpc) is 3.60. The summed E-state index contributed by atoms with van der Waals surface area (Å²) in [4.78, 5) is 22.8. The van der Waals surface area contributed by atoms with E-state index in [1.807, 2.05) is 25.1 Å². The molecule has 0 spiro atoms. The van der Waals surface area contributed by atoms with Crippen molar-refractivity contribution in [3.63, 3.8) is 0 Å². The molecule has 2 N–H and O–H groups in total. The van der Waals surface area contributed by atoms with E-state index in [-0.39, 0.29) is 23.1 Å². The molecule has 1 aliphatic rings. The number of carbonyl (C=O) groups excluding carboxylic acids is 1. The number of alkyl halides is 3. The number of nitrogens with zero attached hydrogens (tertiary/aromatic N) is 5. The Morgan fingerprint density at radius 3 is 2.58 bits per heavy atom. The molecule has 236 valence electrons. The van der Waals surface area contributed by atoms with Crippen LogP contribution in [0.3, 0.4) is 0 Å². The lowest BCUT2D eigenvalue weighted by Crippen LogP contribution is -2.32. The van der Waals surface area contributed by atoms with Crippen LogP contribution < -0.4 is 15.0 Å². The molecule has 0 radical (unpaired) electrons. The maximum Gasteiger partial charge on any atom is 0.573 e. The fourth-order valence-electron chi connectivity index (χ4n) is 4.76. The minimum atomic E-state index is -4.78. The predicted octanol–water partition coefficient (Wildman–Crippen LogP) is 6.17. The summed E-state index contributed by atoms with van der Waals surface area (Å²) >= 11 is 1.21. The number of anilines is 2. The fraction of sp³-hybridized carbons (Fsp3) is 0.290. The van der Waals surface area contributed by atoms with Gasteiger partial charge in [-0.15, -0.1) is 13.2 Å². The second kappa shape index (κ2) is 13.7. The molecule has 0 bridgehead atoms. The second-order valence-electron chi connectivity index (χ2n) is 10.3. The summed E-state index contributed by atoms with van der Waals surface area (Å²) in [5, 5.41) is 18.0. The zero-order chi connectivity index (χ0) is 32.1. The van der Waals surface area contributed by atoms with Crippen molar-refractivity contribution in [3.8, 4) is 11.4 Å². The van der Waals surface area contributed by atoms with Crippen molar-refractivity contribution in [2.75, 3.05) is 16.0 Å². The van der Waals surface area contributed by atoms with E-state index in [9.17, 15) is 27.5 Å². The Hall–Kier alpha value is -4.43. The molecule has 45 heavy (non-hydrogen) atoms. The quantitative estimate of drug-likeness (QED) is 0.149. The number of aliphatic hydroxyl groups is 1. The Labute approximate surface area is 260 Å². The van der Waals surface area contributed by atoms with E-state index in [0.29, 0.717) is 35.1 Å². The van der Waals surface area contributed by atoms with E-state index in [4.69, 9.17) is 0 Å². The number of nitrogens with one attached hydrogen (secondary N) is 1. The number of aliphatic imine (C=N–C) groups is 1. The number of ether oxygens (including phenoxy) is 1. The first-order valence-corrected chi connectivity index (χ1v) is 15.1. The average molecular weight is 643 g/mol. The largest absolute Gasteiger partial charge is 0.573 e. The highest BCUT2D eigenvalue weighted by molar-refractivity contribution is 8.15. The van der Waals surface area contributed by atoms with Gasteiger partial charge in [0.25, 0.3) is 0 Å². The van der Waals surface area contributed by atoms with Crippen molar-refractivity contribution in [3.05, 3.63) is 95.3 Å². The van der Waals surface area contributed by atoms with Crippen LogP contribution in [0.5, 0.6) is 5.75 Å². The third kappa shape index (κ3) is 8.19. The van der Waals surface area contributed by atoms with Crippen LogP contribution in [-0.4, -0.2) is 49.4 Å². The van der Waals surface area contributed by atoms with Crippen molar-refractivity contribution in [1.29, 1.82) is 0 Å². The van der Waals surface area contributed by atoms with Gasteiger partial charge in [0.2, 0.25) is 12.3 Å². The number of carbonyl (C=O) groups is 1. The smallest absolute Gasteiger partial charge is 0.406 e. The molecule has 9 nitrogen and oxygen atoms in total. The summed E-state index contributed by atoms with van der Waals surface area (Å²) in [6, 6.07) is 15.7. The van der Waals surface area contributed by atoms with Crippen molar-refractivity contribution in [2.45, 2.75) is 52.2 Å². The number of amides is 1. The SMILES string of the molecule is CCCc1ccc(C)cc1N1C(=O)CS/C1=N\C(O)Nc1ccc(CCc2ncn(-c3ccc(OC(F)(F)F)cc3)n2)cc1F. The highest BCUT2D eigenvalue weighted by Crippen LogP contribution is 2.32. The summed E-state index contributed by atoms with van der Waals surface area (Å²) in [6.45, 7) is 4.00. The Morgan fingerprint density at radius 2 is 1.87 bits per heavy atom. The molecular weight excluding hydrogens is 612 g/mol. The van der Waals surface area contributed by atoms with E-state index in [2.05, 4.69) is 32.1 Å². The number of aromatic nitrogens is 3. The Balaban J connectivity index is 1.20. The normalized spacial score (nSPS) is 15.1. The van der Waals surface area contributed by atoms with Gasteiger partial charge in [-0.3, -0.25) is 9.69 Å². The molecule has 1 atom stereocenters. The molecule has 5 rings (SSSR count). The van der Waals surface area contributed by atoms with Crippen LogP contribution in [0.25, 0.3) is 5.69 Å². The van der Waals surface area contributed by atoms with Gasteiger partial charge in [0.1, 0.15) is 17.9 Å². The highest BCUT2D eigenvalue weighted by Gasteiger charge is 2.32. The molecule has 1 fully saturated rings. The molecule has 1 saturated heterocycles. The lowest BCUT2D eigenvalue weighted by Gasteiger charge is -2.21. The van der Waals surface area contributed by atoms with Crippen LogP contribution in [0, 0.1) is 12.7 Å². The topological polar surface area (TPSA) is 105 Å². The van der Waals surface area contributed by atoms with E-state index < -0.39 is 18.5 Å². The number of benzene rings is 3. The number of hydrogen-bond acceptors (Lipinski definition) is 8. The molecule has 2 heterocycles. The number of halogens is 4. The molecule has 0 saturated carbocycles. The van der Waals surface area contributed by atoms with Crippen LogP contribution >= 0.6 is 11.8 Å². The third-order valence-corrected chi connectivity index (χ3v) is 7.77. The lowest BCUT2D eigenvalue weighted by atomic mass is 10.0. The van der Waals surface area contributed by atoms with Crippen molar-refractivity contribution < 1.29 is 32.2 Å². The summed E-state index contributed by atoms with van der Waals surface area (Å²) in [7, 11) is 0. The number of thioether (sulfide) groups is 1. The summed E-state index contributed by atoms with van der Waals surface area (Å²) < 4.78 is 57.4. The molecule has 1 aliphatic heterocycles. The molecule has 1 unspecified atom stereocenters. The van der Waals surface area contributed by atoms with E-state index in [0.717, 1.165) is 29.7 Å². The number of aryl methyl sites for hydroxylation is 4. The molecule has 1 aromatic heterocycles. The predicted molar refractivity (Wildman–Crippen MR) is 164 cm³/mol. The van der Waals surface area contributed by atoms with Gasteiger partial charge in [0.15, 0.2) is 11.0 Å². The summed E-state index contributed by atoms with van der Waals surface area (Å²) in [6.07, 6.45) is -2.36. The summed E-state index contributed by atoms with van der Waals surface area (Å²) in [5.41, 5.74) is 3.93. The second-order valence-corrected chi connectivity index (χ2v) is 11.2. The maximum atomic E-state index is 15.0. The van der Waals surface area contributed by atoms with Gasteiger partial charge >= 0.3 is 6.36 Å². The lowest BCUT2D eigenvalue weighted by molar-refractivity contribution is -0.274. The minimum Gasteiger partial charge on any atom is -0.406 e. The third-order valence-electron chi connectivity index (χ3n) is 6.83. The van der Waals surface area contributed by atoms with Gasteiger partial charge < -0.3 is 15.2 Å². The van der Waals surface area contributed by atoms with Gasteiger partial charge in [0.05, 0.1) is 22.8 Å². The van der Waals surface area contributed by atoms with E-state index in [1.165, 1.54) is 64.1 Å². The Bertz CT molecular complexity index is 1690. The molecule has 14 heteroatoms. The highest BCUT2D eigenvalue weighted by atomic mass is 32.2. The molecule has 0 aliphatic carbocycles. The van der Waals surface area contributed by atoms with Gasteiger partial charge in [-0.05, 0) is 78.9 Å². The zero-order valence-electron chi connectivity index (χ0n) is 24.4.